The number of anilines is 3. The van der Waals surface area contributed by atoms with E-state index >= 15 is 0 Å². The summed E-state index contributed by atoms with van der Waals surface area (Å²) >= 11 is 0. The van der Waals surface area contributed by atoms with E-state index in [1.165, 1.54) is 5.56 Å². The summed E-state index contributed by atoms with van der Waals surface area (Å²) in [4.78, 5) is 21.6. The van der Waals surface area contributed by atoms with Gasteiger partial charge in [-0.15, -0.1) is 0 Å². The molecule has 28 heavy (non-hydrogen) atoms. The number of nitro groups is 1. The number of benzene rings is 1. The summed E-state index contributed by atoms with van der Waals surface area (Å²) in [7, 11) is 0. The van der Waals surface area contributed by atoms with Crippen LogP contribution in [0.2, 0.25) is 0 Å². The molecule has 0 saturated carbocycles. The van der Waals surface area contributed by atoms with Crippen LogP contribution >= 0.6 is 0 Å². The molecule has 1 unspecified atom stereocenters. The summed E-state index contributed by atoms with van der Waals surface area (Å²) in [6, 6.07) is 10.6. The number of piperidine rings is 1. The molecule has 0 aliphatic carbocycles. The first-order valence-corrected chi connectivity index (χ1v) is 9.85. The molecule has 1 aliphatic rings. The second kappa shape index (κ2) is 8.86. The Morgan fingerprint density at radius 2 is 1.96 bits per heavy atom. The molecule has 1 fully saturated rings. The van der Waals surface area contributed by atoms with Gasteiger partial charge in [0.1, 0.15) is 0 Å². The lowest BCUT2D eigenvalue weighted by molar-refractivity contribution is -0.383. The van der Waals surface area contributed by atoms with Crippen molar-refractivity contribution >= 4 is 23.3 Å². The predicted molar refractivity (Wildman–Crippen MR) is 112 cm³/mol. The molecule has 1 saturated heterocycles. The van der Waals surface area contributed by atoms with Crippen LogP contribution < -0.4 is 16.0 Å². The topological polar surface area (TPSA) is 110 Å². The minimum Gasteiger partial charge on any atom is -0.378 e. The SMILES string of the molecule is CCC(C)Nc1nc(N)c([N+](=O)[O-])c(N2CCC(Cc3ccccc3)CC2)n1. The number of hydrogen-bond donors (Lipinski definition) is 2. The molecule has 1 aromatic carbocycles. The maximum atomic E-state index is 11.6. The van der Waals surface area contributed by atoms with Gasteiger partial charge in [0.15, 0.2) is 0 Å². The zero-order chi connectivity index (χ0) is 20.1. The molecule has 1 aromatic heterocycles. The highest BCUT2D eigenvalue weighted by Gasteiger charge is 2.30. The van der Waals surface area contributed by atoms with Gasteiger partial charge in [-0.1, -0.05) is 37.3 Å². The highest BCUT2D eigenvalue weighted by Crippen LogP contribution is 2.35. The van der Waals surface area contributed by atoms with Crippen molar-refractivity contribution in [1.82, 2.24) is 9.97 Å². The summed E-state index contributed by atoms with van der Waals surface area (Å²) in [5.74, 6) is 1.14. The summed E-state index contributed by atoms with van der Waals surface area (Å²) in [6.45, 7) is 5.50. The van der Waals surface area contributed by atoms with Crippen LogP contribution in [0.5, 0.6) is 0 Å². The van der Waals surface area contributed by atoms with Crippen LogP contribution in [0.15, 0.2) is 30.3 Å². The van der Waals surface area contributed by atoms with Crippen molar-refractivity contribution in [2.24, 2.45) is 5.92 Å². The van der Waals surface area contributed by atoms with E-state index in [1.54, 1.807) is 0 Å². The zero-order valence-corrected chi connectivity index (χ0v) is 16.5. The van der Waals surface area contributed by atoms with Gasteiger partial charge in [-0.05, 0) is 44.1 Å². The summed E-state index contributed by atoms with van der Waals surface area (Å²) in [5, 5.41) is 14.7. The van der Waals surface area contributed by atoms with Gasteiger partial charge >= 0.3 is 5.69 Å². The maximum Gasteiger partial charge on any atom is 0.353 e. The minimum atomic E-state index is -0.478. The van der Waals surface area contributed by atoms with Gasteiger partial charge in [0.2, 0.25) is 17.6 Å². The Hall–Kier alpha value is -2.90. The van der Waals surface area contributed by atoms with Crippen molar-refractivity contribution in [3.05, 3.63) is 46.0 Å². The van der Waals surface area contributed by atoms with E-state index in [4.69, 9.17) is 5.73 Å². The lowest BCUT2D eigenvalue weighted by Gasteiger charge is -2.32. The Kier molecular flexibility index (Phi) is 6.28. The Morgan fingerprint density at radius 3 is 2.57 bits per heavy atom. The third kappa shape index (κ3) is 4.68. The third-order valence-corrected chi connectivity index (χ3v) is 5.34. The Bertz CT molecular complexity index is 806. The van der Waals surface area contributed by atoms with E-state index in [2.05, 4.69) is 39.6 Å². The van der Waals surface area contributed by atoms with E-state index in [9.17, 15) is 10.1 Å². The molecule has 2 aromatic rings. The smallest absolute Gasteiger partial charge is 0.353 e. The number of hydrogen-bond acceptors (Lipinski definition) is 7. The van der Waals surface area contributed by atoms with E-state index in [0.29, 0.717) is 17.7 Å². The molecule has 0 bridgehead atoms. The maximum absolute atomic E-state index is 11.6. The van der Waals surface area contributed by atoms with Crippen molar-refractivity contribution < 1.29 is 4.92 Å². The lowest BCUT2D eigenvalue weighted by Crippen LogP contribution is -2.35. The second-order valence-electron chi connectivity index (χ2n) is 7.44. The molecule has 1 atom stereocenters. The highest BCUT2D eigenvalue weighted by molar-refractivity contribution is 5.71. The summed E-state index contributed by atoms with van der Waals surface area (Å²) < 4.78 is 0. The fourth-order valence-electron chi connectivity index (χ4n) is 3.54. The molecule has 8 heteroatoms. The molecule has 0 spiro atoms. The summed E-state index contributed by atoms with van der Waals surface area (Å²) in [6.07, 6.45) is 3.85. The molecule has 0 radical (unpaired) electrons. The van der Waals surface area contributed by atoms with Gasteiger partial charge in [0.05, 0.1) is 4.92 Å². The number of nitrogens with one attached hydrogen (secondary N) is 1. The molecule has 150 valence electrons. The van der Waals surface area contributed by atoms with Gasteiger partial charge in [-0.3, -0.25) is 10.1 Å². The number of nitrogens with zero attached hydrogens (tertiary/aromatic N) is 4. The number of nitrogen functional groups attached to an aromatic ring is 1. The molecule has 3 rings (SSSR count). The van der Waals surface area contributed by atoms with Gasteiger partial charge in [-0.2, -0.15) is 9.97 Å². The van der Waals surface area contributed by atoms with Crippen LogP contribution in [0.25, 0.3) is 0 Å². The largest absolute Gasteiger partial charge is 0.378 e. The van der Waals surface area contributed by atoms with Crippen LogP contribution in [0.4, 0.5) is 23.3 Å². The van der Waals surface area contributed by atoms with Crippen LogP contribution in [0.1, 0.15) is 38.7 Å². The molecular weight excluding hydrogens is 356 g/mol. The van der Waals surface area contributed by atoms with Crippen molar-refractivity contribution in [3.8, 4) is 0 Å². The van der Waals surface area contributed by atoms with Gasteiger partial charge in [0, 0.05) is 19.1 Å². The molecule has 1 aliphatic heterocycles. The highest BCUT2D eigenvalue weighted by atomic mass is 16.6. The van der Waals surface area contributed by atoms with Crippen LogP contribution in [0, 0.1) is 16.0 Å². The molecule has 8 nitrogen and oxygen atoms in total. The van der Waals surface area contributed by atoms with E-state index in [1.807, 2.05) is 24.8 Å². The Labute approximate surface area is 165 Å². The van der Waals surface area contributed by atoms with E-state index in [0.717, 1.165) is 38.8 Å². The fourth-order valence-corrected chi connectivity index (χ4v) is 3.54. The quantitative estimate of drug-likeness (QED) is 0.554. The van der Waals surface area contributed by atoms with Crippen LogP contribution in [-0.4, -0.2) is 34.0 Å². The number of aromatic nitrogens is 2. The first-order chi connectivity index (χ1) is 13.5. The van der Waals surface area contributed by atoms with Gasteiger partial charge < -0.3 is 16.0 Å². The van der Waals surface area contributed by atoms with Crippen molar-refractivity contribution in [2.75, 3.05) is 29.0 Å². The molecule has 2 heterocycles. The lowest BCUT2D eigenvalue weighted by atomic mass is 9.90. The van der Waals surface area contributed by atoms with Crippen molar-refractivity contribution in [2.45, 2.75) is 45.6 Å². The zero-order valence-electron chi connectivity index (χ0n) is 16.5. The first-order valence-electron chi connectivity index (χ1n) is 9.85. The van der Waals surface area contributed by atoms with Crippen molar-refractivity contribution in [3.63, 3.8) is 0 Å². The normalized spacial score (nSPS) is 16.0. The summed E-state index contributed by atoms with van der Waals surface area (Å²) in [5.41, 5.74) is 7.05. The predicted octanol–water partition coefficient (Wildman–Crippen LogP) is 3.64. The molecule has 0 amide bonds. The second-order valence-corrected chi connectivity index (χ2v) is 7.44. The average molecular weight is 384 g/mol. The van der Waals surface area contributed by atoms with E-state index in [-0.39, 0.29) is 17.5 Å². The van der Waals surface area contributed by atoms with Crippen LogP contribution in [0.3, 0.4) is 0 Å². The fraction of sp³-hybridized carbons (Fsp3) is 0.500. The van der Waals surface area contributed by atoms with Crippen LogP contribution in [-0.2, 0) is 6.42 Å². The van der Waals surface area contributed by atoms with Gasteiger partial charge in [-0.25, -0.2) is 0 Å². The first kappa shape index (κ1) is 19.9. The molecule has 3 N–H and O–H groups in total. The third-order valence-electron chi connectivity index (χ3n) is 5.34. The molecular formula is C20H28N6O2. The number of rotatable bonds is 7. The average Bonchev–Trinajstić information content (AvgIpc) is 2.68. The minimum absolute atomic E-state index is 0.0905. The standard InChI is InChI=1S/C20H28N6O2/c1-3-14(2)22-20-23-18(21)17(26(27)28)19(24-20)25-11-9-16(10-12-25)13-15-7-5-4-6-8-15/h4-8,14,16H,3,9-13H2,1-2H3,(H3,21,22,23,24). The Balaban J connectivity index is 1.76. The van der Waals surface area contributed by atoms with E-state index < -0.39 is 4.92 Å². The number of nitrogens with two attached hydrogens (primary N) is 1. The Morgan fingerprint density at radius 1 is 1.29 bits per heavy atom. The van der Waals surface area contributed by atoms with Crippen molar-refractivity contribution in [1.29, 1.82) is 0 Å². The monoisotopic (exact) mass is 384 g/mol. The van der Waals surface area contributed by atoms with Gasteiger partial charge in [0.25, 0.3) is 0 Å².